The van der Waals surface area contributed by atoms with Crippen LogP contribution in [0.2, 0.25) is 0 Å². The quantitative estimate of drug-likeness (QED) is 0.553. The van der Waals surface area contributed by atoms with Crippen LogP contribution in [0, 0.1) is 5.92 Å². The smallest absolute Gasteiger partial charge is 0.230 e. The maximum atomic E-state index is 12.2. The average Bonchev–Trinajstić information content (AvgIpc) is 3.34. The first-order valence-electron chi connectivity index (χ1n) is 9.06. The van der Waals surface area contributed by atoms with Gasteiger partial charge in [0, 0.05) is 13.1 Å². The summed E-state index contributed by atoms with van der Waals surface area (Å²) >= 11 is 1.37. The van der Waals surface area contributed by atoms with Crippen LogP contribution in [-0.2, 0) is 17.9 Å². The monoisotopic (exact) mass is 400 g/mol. The van der Waals surface area contributed by atoms with E-state index < -0.39 is 0 Å². The molecule has 3 rings (SSSR count). The molecule has 0 saturated heterocycles. The highest BCUT2D eigenvalue weighted by Crippen LogP contribution is 2.25. The zero-order valence-corrected chi connectivity index (χ0v) is 17.0. The lowest BCUT2D eigenvalue weighted by Crippen LogP contribution is -2.24. The number of aromatic nitrogens is 3. The fourth-order valence-electron chi connectivity index (χ4n) is 2.64. The van der Waals surface area contributed by atoms with E-state index in [1.807, 2.05) is 41.0 Å². The number of nitrogens with one attached hydrogen (secondary N) is 1. The molecule has 1 aromatic carbocycles. The van der Waals surface area contributed by atoms with Gasteiger partial charge in [-0.2, -0.15) is 0 Å². The Morgan fingerprint density at radius 3 is 2.68 bits per heavy atom. The fourth-order valence-corrected chi connectivity index (χ4v) is 3.42. The van der Waals surface area contributed by atoms with Gasteiger partial charge in [-0.15, -0.1) is 10.2 Å². The molecule has 8 heteroatoms. The van der Waals surface area contributed by atoms with Gasteiger partial charge >= 0.3 is 0 Å². The number of benzene rings is 1. The minimum Gasteiger partial charge on any atom is -0.497 e. The van der Waals surface area contributed by atoms with Crippen LogP contribution in [0.5, 0.6) is 5.75 Å². The van der Waals surface area contributed by atoms with Crippen molar-refractivity contribution >= 4 is 17.7 Å². The first kappa shape index (κ1) is 20.0. The predicted molar refractivity (Wildman–Crippen MR) is 108 cm³/mol. The summed E-state index contributed by atoms with van der Waals surface area (Å²) in [6.07, 6.45) is 1.61. The standard InChI is InChI=1S/C20H24N4O3S/c1-14(2)12-24-19(17-5-4-10-27-17)22-23-20(24)28-13-18(25)21-11-15-6-8-16(26-3)9-7-15/h4-10,14H,11-13H2,1-3H3,(H,21,25). The molecule has 7 nitrogen and oxygen atoms in total. The van der Waals surface area contributed by atoms with Crippen molar-refractivity contribution in [2.45, 2.75) is 32.1 Å². The molecule has 2 heterocycles. The van der Waals surface area contributed by atoms with Gasteiger partial charge in [0.05, 0.1) is 19.1 Å². The summed E-state index contributed by atoms with van der Waals surface area (Å²) in [7, 11) is 1.63. The number of furan rings is 1. The first-order valence-corrected chi connectivity index (χ1v) is 10.0. The van der Waals surface area contributed by atoms with E-state index in [1.54, 1.807) is 13.4 Å². The third-order valence-corrected chi connectivity index (χ3v) is 4.95. The van der Waals surface area contributed by atoms with Gasteiger partial charge in [-0.25, -0.2) is 0 Å². The van der Waals surface area contributed by atoms with Crippen LogP contribution in [0.4, 0.5) is 0 Å². The van der Waals surface area contributed by atoms with E-state index in [0.29, 0.717) is 29.2 Å². The second-order valence-electron chi connectivity index (χ2n) is 6.70. The highest BCUT2D eigenvalue weighted by molar-refractivity contribution is 7.99. The van der Waals surface area contributed by atoms with Crippen LogP contribution in [0.15, 0.2) is 52.2 Å². The Labute approximate surface area is 168 Å². The molecular formula is C20H24N4O3S. The minimum atomic E-state index is -0.0561. The Bertz CT molecular complexity index is 889. The van der Waals surface area contributed by atoms with E-state index in [1.165, 1.54) is 11.8 Å². The second-order valence-corrected chi connectivity index (χ2v) is 7.64. The van der Waals surface area contributed by atoms with Crippen LogP contribution in [0.3, 0.4) is 0 Å². The number of methoxy groups -OCH3 is 1. The summed E-state index contributed by atoms with van der Waals surface area (Å²) in [4.78, 5) is 12.2. The summed E-state index contributed by atoms with van der Waals surface area (Å²) in [5.41, 5.74) is 1.02. The fraction of sp³-hybridized carbons (Fsp3) is 0.350. The summed E-state index contributed by atoms with van der Waals surface area (Å²) < 4.78 is 12.6. The molecule has 0 atom stereocenters. The largest absolute Gasteiger partial charge is 0.497 e. The van der Waals surface area contributed by atoms with Gasteiger partial charge in [-0.3, -0.25) is 9.36 Å². The Hall–Kier alpha value is -2.74. The summed E-state index contributed by atoms with van der Waals surface area (Å²) in [5, 5.41) is 12.1. The summed E-state index contributed by atoms with van der Waals surface area (Å²) in [6.45, 7) is 5.47. The van der Waals surface area contributed by atoms with E-state index in [-0.39, 0.29) is 11.7 Å². The van der Waals surface area contributed by atoms with Crippen molar-refractivity contribution in [2.24, 2.45) is 5.92 Å². The van der Waals surface area contributed by atoms with Gasteiger partial charge in [0.25, 0.3) is 0 Å². The Morgan fingerprint density at radius 2 is 2.04 bits per heavy atom. The molecule has 0 bridgehead atoms. The summed E-state index contributed by atoms with van der Waals surface area (Å²) in [5.74, 6) is 2.77. The van der Waals surface area contributed by atoms with Gasteiger partial charge in [-0.05, 0) is 35.7 Å². The molecule has 1 N–H and O–H groups in total. The topological polar surface area (TPSA) is 82.2 Å². The molecule has 0 radical (unpaired) electrons. The van der Waals surface area contributed by atoms with Crippen LogP contribution in [0.1, 0.15) is 19.4 Å². The number of nitrogens with zero attached hydrogens (tertiary/aromatic N) is 3. The zero-order valence-electron chi connectivity index (χ0n) is 16.2. The Morgan fingerprint density at radius 1 is 1.25 bits per heavy atom. The molecule has 0 fully saturated rings. The molecule has 2 aromatic heterocycles. The molecule has 0 aliphatic carbocycles. The second kappa shape index (κ2) is 9.45. The van der Waals surface area contributed by atoms with E-state index in [0.717, 1.165) is 17.9 Å². The number of rotatable bonds is 9. The van der Waals surface area contributed by atoms with Crippen molar-refractivity contribution in [2.75, 3.05) is 12.9 Å². The van der Waals surface area contributed by atoms with Gasteiger partial charge in [0.15, 0.2) is 16.7 Å². The number of hydrogen-bond acceptors (Lipinski definition) is 6. The number of carbonyl (C=O) groups excluding carboxylic acids is 1. The molecule has 148 valence electrons. The third-order valence-electron chi connectivity index (χ3n) is 3.99. The molecule has 0 spiro atoms. The van der Waals surface area contributed by atoms with Crippen molar-refractivity contribution in [1.82, 2.24) is 20.1 Å². The first-order chi connectivity index (χ1) is 13.6. The van der Waals surface area contributed by atoms with Gasteiger partial charge in [0.2, 0.25) is 5.91 Å². The lowest BCUT2D eigenvalue weighted by Gasteiger charge is -2.11. The lowest BCUT2D eigenvalue weighted by molar-refractivity contribution is -0.118. The minimum absolute atomic E-state index is 0.0561. The van der Waals surface area contributed by atoms with Crippen LogP contribution < -0.4 is 10.1 Å². The van der Waals surface area contributed by atoms with Crippen molar-refractivity contribution in [3.05, 3.63) is 48.2 Å². The number of thioether (sulfide) groups is 1. The van der Waals surface area contributed by atoms with Crippen molar-refractivity contribution < 1.29 is 13.9 Å². The molecule has 28 heavy (non-hydrogen) atoms. The number of amides is 1. The lowest BCUT2D eigenvalue weighted by atomic mass is 10.2. The van der Waals surface area contributed by atoms with E-state index in [2.05, 4.69) is 29.4 Å². The molecule has 0 aliphatic rings. The highest BCUT2D eigenvalue weighted by atomic mass is 32.2. The molecule has 3 aromatic rings. The number of ether oxygens (including phenoxy) is 1. The van der Waals surface area contributed by atoms with Gasteiger partial charge in [-0.1, -0.05) is 37.7 Å². The van der Waals surface area contributed by atoms with E-state index >= 15 is 0 Å². The molecular weight excluding hydrogens is 376 g/mol. The van der Waals surface area contributed by atoms with Crippen LogP contribution >= 0.6 is 11.8 Å². The van der Waals surface area contributed by atoms with E-state index in [4.69, 9.17) is 9.15 Å². The number of hydrogen-bond donors (Lipinski definition) is 1. The Kier molecular flexibility index (Phi) is 6.76. The number of carbonyl (C=O) groups is 1. The molecule has 0 unspecified atom stereocenters. The predicted octanol–water partition coefficient (Wildman–Crippen LogP) is 3.61. The Balaban J connectivity index is 1.59. The van der Waals surface area contributed by atoms with Crippen molar-refractivity contribution in [1.29, 1.82) is 0 Å². The third kappa shape index (κ3) is 5.16. The van der Waals surface area contributed by atoms with Crippen LogP contribution in [-0.4, -0.2) is 33.5 Å². The molecule has 0 saturated carbocycles. The normalized spacial score (nSPS) is 11.0. The van der Waals surface area contributed by atoms with Crippen molar-refractivity contribution in [3.63, 3.8) is 0 Å². The van der Waals surface area contributed by atoms with Gasteiger partial charge in [0.1, 0.15) is 5.75 Å². The summed E-state index contributed by atoms with van der Waals surface area (Å²) in [6, 6.07) is 11.3. The zero-order chi connectivity index (χ0) is 19.9. The van der Waals surface area contributed by atoms with Crippen LogP contribution in [0.25, 0.3) is 11.6 Å². The molecule has 1 amide bonds. The maximum Gasteiger partial charge on any atom is 0.230 e. The van der Waals surface area contributed by atoms with Crippen molar-refractivity contribution in [3.8, 4) is 17.3 Å². The maximum absolute atomic E-state index is 12.2. The highest BCUT2D eigenvalue weighted by Gasteiger charge is 2.18. The SMILES string of the molecule is COc1ccc(CNC(=O)CSc2nnc(-c3ccco3)n2CC(C)C)cc1. The van der Waals surface area contributed by atoms with E-state index in [9.17, 15) is 4.79 Å². The molecule has 0 aliphatic heterocycles. The average molecular weight is 401 g/mol. The van der Waals surface area contributed by atoms with Gasteiger partial charge < -0.3 is 14.5 Å².